The van der Waals surface area contributed by atoms with Gasteiger partial charge in [0.1, 0.15) is 17.4 Å². The number of nitrogens with one attached hydrogen (secondary N) is 1. The van der Waals surface area contributed by atoms with Gasteiger partial charge in [0.25, 0.3) is 0 Å². The highest BCUT2D eigenvalue weighted by Crippen LogP contribution is 2.45. The monoisotopic (exact) mass is 471 g/mol. The van der Waals surface area contributed by atoms with Crippen molar-refractivity contribution in [1.82, 2.24) is 15.2 Å². The average molecular weight is 471 g/mol. The third kappa shape index (κ3) is 2.90. The minimum atomic E-state index is -0.422. The van der Waals surface area contributed by atoms with Crippen LogP contribution in [-0.4, -0.2) is 22.3 Å². The van der Waals surface area contributed by atoms with Crippen molar-refractivity contribution in [3.05, 3.63) is 68.7 Å². The Labute approximate surface area is 169 Å². The maximum absolute atomic E-state index is 9.75. The summed E-state index contributed by atoms with van der Waals surface area (Å²) in [7, 11) is 1.62. The van der Waals surface area contributed by atoms with Gasteiger partial charge in [-0.1, -0.05) is 12.1 Å². The Kier molecular flexibility index (Phi) is 4.45. The number of aromatic nitrogens is 3. The number of pyridine rings is 1. The van der Waals surface area contributed by atoms with Gasteiger partial charge >= 0.3 is 0 Å². The number of nitrogens with two attached hydrogens (primary N) is 1. The molecule has 3 N–H and O–H groups in total. The Hall–Kier alpha value is -3.06. The molecule has 0 spiro atoms. The molecule has 27 heavy (non-hydrogen) atoms. The summed E-state index contributed by atoms with van der Waals surface area (Å²) in [4.78, 5) is 4.39. The van der Waals surface area contributed by atoms with Crippen LogP contribution in [0.3, 0.4) is 0 Å². The number of methoxy groups -OCH3 is 1. The van der Waals surface area contributed by atoms with Gasteiger partial charge in [-0.25, -0.2) is 0 Å². The molecule has 3 aromatic rings. The van der Waals surface area contributed by atoms with Crippen LogP contribution < -0.4 is 15.2 Å². The topological polar surface area (TPSA) is 110 Å². The number of nitriles is 1. The number of benzene rings is 1. The van der Waals surface area contributed by atoms with E-state index >= 15 is 0 Å². The number of hydrogen-bond donors (Lipinski definition) is 2. The Bertz CT molecular complexity index is 1090. The maximum Gasteiger partial charge on any atom is 0.244 e. The van der Waals surface area contributed by atoms with Crippen LogP contribution in [0.15, 0.2) is 54.1 Å². The van der Waals surface area contributed by atoms with E-state index in [9.17, 15) is 5.26 Å². The largest absolute Gasteiger partial charge is 0.496 e. The predicted octanol–water partition coefficient (Wildman–Crippen LogP) is 3.30. The zero-order valence-corrected chi connectivity index (χ0v) is 16.4. The molecule has 1 atom stereocenters. The number of H-pyrrole nitrogens is 1. The number of fused-ring (bicyclic) bond motifs is 1. The zero-order chi connectivity index (χ0) is 19.0. The first-order valence-electron chi connectivity index (χ1n) is 8.04. The van der Waals surface area contributed by atoms with E-state index in [1.165, 1.54) is 0 Å². The summed E-state index contributed by atoms with van der Waals surface area (Å²) in [6.45, 7) is 0. The number of aromatic amines is 1. The summed E-state index contributed by atoms with van der Waals surface area (Å²) < 4.78 is 11.9. The SMILES string of the molecule is COc1ccc(C2C(C#N)=C(N)Oc3n[nH]c(-c4ccccn4)c32)cc1I. The molecule has 3 heterocycles. The first kappa shape index (κ1) is 17.4. The van der Waals surface area contributed by atoms with E-state index in [0.29, 0.717) is 22.8 Å². The minimum absolute atomic E-state index is 0.0555. The molecule has 8 heteroatoms. The van der Waals surface area contributed by atoms with Gasteiger partial charge < -0.3 is 15.2 Å². The van der Waals surface area contributed by atoms with Crippen LogP contribution in [0.25, 0.3) is 11.4 Å². The third-order valence-corrected chi connectivity index (χ3v) is 5.21. The fourth-order valence-electron chi connectivity index (χ4n) is 3.15. The molecular weight excluding hydrogens is 457 g/mol. The second kappa shape index (κ2) is 6.92. The van der Waals surface area contributed by atoms with Crippen molar-refractivity contribution in [2.75, 3.05) is 7.11 Å². The summed E-state index contributed by atoms with van der Waals surface area (Å²) >= 11 is 2.20. The minimum Gasteiger partial charge on any atom is -0.496 e. The van der Waals surface area contributed by atoms with Crippen LogP contribution in [0.5, 0.6) is 11.6 Å². The summed E-state index contributed by atoms with van der Waals surface area (Å²) in [6.07, 6.45) is 1.70. The van der Waals surface area contributed by atoms with Crippen molar-refractivity contribution < 1.29 is 9.47 Å². The molecule has 0 bridgehead atoms. The van der Waals surface area contributed by atoms with Crippen molar-refractivity contribution in [2.24, 2.45) is 5.73 Å². The third-order valence-electron chi connectivity index (χ3n) is 4.37. The second-order valence-corrected chi connectivity index (χ2v) is 7.01. The van der Waals surface area contributed by atoms with Gasteiger partial charge in [-0.3, -0.25) is 10.1 Å². The van der Waals surface area contributed by atoms with Gasteiger partial charge in [0.05, 0.1) is 33.5 Å². The van der Waals surface area contributed by atoms with Gasteiger partial charge in [-0.15, -0.1) is 5.10 Å². The van der Waals surface area contributed by atoms with E-state index in [4.69, 9.17) is 15.2 Å². The molecule has 1 aliphatic rings. The fraction of sp³-hybridized carbons (Fsp3) is 0.105. The van der Waals surface area contributed by atoms with Crippen molar-refractivity contribution in [2.45, 2.75) is 5.92 Å². The van der Waals surface area contributed by atoms with Crippen molar-refractivity contribution in [3.63, 3.8) is 0 Å². The van der Waals surface area contributed by atoms with Crippen LogP contribution in [0.1, 0.15) is 17.0 Å². The Morgan fingerprint density at radius 3 is 2.85 bits per heavy atom. The molecule has 0 saturated carbocycles. The summed E-state index contributed by atoms with van der Waals surface area (Å²) in [5.41, 5.74) is 9.38. The first-order valence-corrected chi connectivity index (χ1v) is 9.12. The number of hydrogen-bond acceptors (Lipinski definition) is 6. The predicted molar refractivity (Wildman–Crippen MR) is 107 cm³/mol. The van der Waals surface area contributed by atoms with Crippen LogP contribution in [0.2, 0.25) is 0 Å². The van der Waals surface area contributed by atoms with Crippen LogP contribution in [-0.2, 0) is 0 Å². The molecule has 0 aliphatic carbocycles. The number of allylic oxidation sites excluding steroid dienone is 1. The molecule has 0 amide bonds. The lowest BCUT2D eigenvalue weighted by molar-refractivity contribution is 0.379. The Morgan fingerprint density at radius 2 is 2.19 bits per heavy atom. The van der Waals surface area contributed by atoms with Crippen molar-refractivity contribution in [1.29, 1.82) is 5.26 Å². The highest BCUT2D eigenvalue weighted by molar-refractivity contribution is 14.1. The lowest BCUT2D eigenvalue weighted by Crippen LogP contribution is -2.21. The maximum atomic E-state index is 9.75. The highest BCUT2D eigenvalue weighted by Gasteiger charge is 2.36. The number of rotatable bonds is 3. The van der Waals surface area contributed by atoms with E-state index < -0.39 is 5.92 Å². The number of halogens is 1. The smallest absolute Gasteiger partial charge is 0.244 e. The van der Waals surface area contributed by atoms with Crippen molar-refractivity contribution in [3.8, 4) is 29.1 Å². The highest BCUT2D eigenvalue weighted by atomic mass is 127. The van der Waals surface area contributed by atoms with E-state index in [-0.39, 0.29) is 5.88 Å². The lowest BCUT2D eigenvalue weighted by Gasteiger charge is -2.24. The van der Waals surface area contributed by atoms with Gasteiger partial charge in [-0.2, -0.15) is 5.26 Å². The molecule has 0 fully saturated rings. The molecule has 1 aliphatic heterocycles. The van der Waals surface area contributed by atoms with Gasteiger partial charge in [0, 0.05) is 6.20 Å². The molecule has 0 radical (unpaired) electrons. The van der Waals surface area contributed by atoms with E-state index in [0.717, 1.165) is 20.4 Å². The van der Waals surface area contributed by atoms with Crippen LogP contribution in [0, 0.1) is 14.9 Å². The summed E-state index contributed by atoms with van der Waals surface area (Å²) in [5, 5.41) is 17.0. The molecule has 2 aromatic heterocycles. The molecule has 4 rings (SSSR count). The quantitative estimate of drug-likeness (QED) is 0.568. The number of ether oxygens (including phenoxy) is 2. The molecular formula is C19H14IN5O2. The molecule has 7 nitrogen and oxygen atoms in total. The summed E-state index contributed by atoms with van der Waals surface area (Å²) in [5.74, 6) is 0.746. The van der Waals surface area contributed by atoms with Gasteiger partial charge in [-0.05, 0) is 52.4 Å². The van der Waals surface area contributed by atoms with E-state index in [2.05, 4.69) is 43.8 Å². The zero-order valence-electron chi connectivity index (χ0n) is 14.2. The Morgan fingerprint density at radius 1 is 1.33 bits per heavy atom. The van der Waals surface area contributed by atoms with Gasteiger partial charge in [0.2, 0.25) is 11.8 Å². The fourth-order valence-corrected chi connectivity index (χ4v) is 3.91. The normalized spacial score (nSPS) is 15.7. The standard InChI is InChI=1S/C19H14IN5O2/c1-26-14-6-5-10(8-12(14)20)15-11(9-21)18(22)27-19-16(15)17(24-25-19)13-4-2-3-7-23-13/h2-8,15H,22H2,1H3,(H,24,25). The van der Waals surface area contributed by atoms with Crippen molar-refractivity contribution >= 4 is 22.6 Å². The Balaban J connectivity index is 1.94. The van der Waals surface area contributed by atoms with Crippen LogP contribution >= 0.6 is 22.6 Å². The summed E-state index contributed by atoms with van der Waals surface area (Å²) in [6, 6.07) is 13.6. The molecule has 134 valence electrons. The second-order valence-electron chi connectivity index (χ2n) is 5.85. The number of nitrogens with zero attached hydrogens (tertiary/aromatic N) is 3. The molecule has 1 unspecified atom stereocenters. The van der Waals surface area contributed by atoms with E-state index in [1.807, 2.05) is 36.4 Å². The van der Waals surface area contributed by atoms with E-state index in [1.54, 1.807) is 13.3 Å². The van der Waals surface area contributed by atoms with Gasteiger partial charge in [0.15, 0.2) is 0 Å². The van der Waals surface area contributed by atoms with Crippen LogP contribution in [0.4, 0.5) is 0 Å². The average Bonchev–Trinajstić information content (AvgIpc) is 3.10. The first-order chi connectivity index (χ1) is 13.1. The lowest BCUT2D eigenvalue weighted by atomic mass is 9.83. The molecule has 0 saturated heterocycles. The molecule has 1 aromatic carbocycles.